The molecule has 0 saturated heterocycles. The monoisotopic (exact) mass is 483 g/mol. The first-order chi connectivity index (χ1) is 15.8. The molecule has 3 aromatic carbocycles. The number of benzene rings is 3. The van der Waals surface area contributed by atoms with Gasteiger partial charge in [-0.25, -0.2) is 4.79 Å². The molecule has 0 aliphatic carbocycles. The number of carbonyl (C=O) groups is 2. The summed E-state index contributed by atoms with van der Waals surface area (Å²) in [6.07, 6.45) is 2.44. The number of fused-ring (bicyclic) bond motifs is 1. The number of anilines is 1. The van der Waals surface area contributed by atoms with Crippen LogP contribution in [0.4, 0.5) is 5.69 Å². The molecule has 8 heteroatoms. The Morgan fingerprint density at radius 1 is 1.06 bits per heavy atom. The van der Waals surface area contributed by atoms with Gasteiger partial charge in [0, 0.05) is 34.7 Å². The van der Waals surface area contributed by atoms with E-state index >= 15 is 0 Å². The lowest BCUT2D eigenvalue weighted by Gasteiger charge is -2.40. The van der Waals surface area contributed by atoms with Crippen molar-refractivity contribution in [2.75, 3.05) is 16.9 Å². The number of carboxylic acid groups (broad SMARTS) is 1. The van der Waals surface area contributed by atoms with Crippen molar-refractivity contribution >= 4 is 52.7 Å². The molecule has 0 radical (unpaired) electrons. The number of hydrogen-bond acceptors (Lipinski definition) is 6. The van der Waals surface area contributed by atoms with Crippen LogP contribution in [0.5, 0.6) is 0 Å². The van der Waals surface area contributed by atoms with Gasteiger partial charge in [0.15, 0.2) is 5.66 Å². The Morgan fingerprint density at radius 3 is 2.30 bits per heavy atom. The minimum atomic E-state index is -1.99. The van der Waals surface area contributed by atoms with Crippen LogP contribution in [0.2, 0.25) is 0 Å². The van der Waals surface area contributed by atoms with Gasteiger partial charge in [0.2, 0.25) is 0 Å². The number of carbonyl (C=O) groups excluding carboxylic acids is 1. The fraction of sp³-hybridized carbons (Fsp3) is 0.280. The van der Waals surface area contributed by atoms with Crippen LogP contribution in [-0.4, -0.2) is 45.9 Å². The van der Waals surface area contributed by atoms with Gasteiger partial charge in [0.05, 0.1) is 0 Å². The predicted molar refractivity (Wildman–Crippen MR) is 140 cm³/mol. The molecule has 0 saturated carbocycles. The number of amides is 1. The number of rotatable bonds is 10. The third-order valence-corrected chi connectivity index (χ3v) is 7.15. The summed E-state index contributed by atoms with van der Waals surface area (Å²) in [4.78, 5) is 27.6. The molecular formula is C25H29N3O3S2. The maximum atomic E-state index is 13.7. The van der Waals surface area contributed by atoms with Crippen LogP contribution in [0.3, 0.4) is 0 Å². The van der Waals surface area contributed by atoms with Gasteiger partial charge in [-0.3, -0.25) is 15.4 Å². The average molecular weight is 484 g/mol. The molecule has 3 aromatic rings. The number of nitrogens with two attached hydrogens (primary N) is 2. The first-order valence-electron chi connectivity index (χ1n) is 10.6. The van der Waals surface area contributed by atoms with E-state index in [1.807, 2.05) is 36.6 Å². The molecule has 5 N–H and O–H groups in total. The fourth-order valence-corrected chi connectivity index (χ4v) is 4.86. The summed E-state index contributed by atoms with van der Waals surface area (Å²) in [6.45, 7) is 0. The van der Waals surface area contributed by atoms with E-state index in [0.29, 0.717) is 23.4 Å². The number of nitrogens with zero attached hydrogens (tertiary/aromatic N) is 1. The van der Waals surface area contributed by atoms with Crippen LogP contribution >= 0.6 is 24.4 Å². The lowest BCUT2D eigenvalue weighted by atomic mass is 9.96. The van der Waals surface area contributed by atoms with Gasteiger partial charge in [-0.2, -0.15) is 24.4 Å². The molecule has 33 heavy (non-hydrogen) atoms. The van der Waals surface area contributed by atoms with Gasteiger partial charge in [0.1, 0.15) is 0 Å². The maximum absolute atomic E-state index is 13.7. The van der Waals surface area contributed by atoms with Crippen molar-refractivity contribution in [1.29, 1.82) is 0 Å². The lowest BCUT2D eigenvalue weighted by molar-refractivity contribution is -0.143. The molecule has 6 nitrogen and oxygen atoms in total. The Hall–Kier alpha value is -2.52. The van der Waals surface area contributed by atoms with E-state index in [2.05, 4.69) is 12.6 Å². The Balaban J connectivity index is 2.13. The third kappa shape index (κ3) is 5.70. The molecule has 0 aliphatic heterocycles. The number of carboxylic acids is 1. The summed E-state index contributed by atoms with van der Waals surface area (Å²) in [6, 6.07) is 21.5. The molecule has 0 heterocycles. The molecule has 3 atom stereocenters. The van der Waals surface area contributed by atoms with Crippen LogP contribution in [0.25, 0.3) is 10.8 Å². The van der Waals surface area contributed by atoms with E-state index in [1.165, 1.54) is 16.7 Å². The number of thioether (sulfide) groups is 1. The van der Waals surface area contributed by atoms with Crippen molar-refractivity contribution in [1.82, 2.24) is 0 Å². The highest BCUT2D eigenvalue weighted by Gasteiger charge is 2.46. The van der Waals surface area contributed by atoms with E-state index in [0.717, 1.165) is 10.8 Å². The summed E-state index contributed by atoms with van der Waals surface area (Å²) < 4.78 is 0. The molecule has 0 aromatic heterocycles. The fourth-order valence-electron chi connectivity index (χ4n) is 3.85. The zero-order chi connectivity index (χ0) is 24.0. The second-order valence-electron chi connectivity index (χ2n) is 8.01. The van der Waals surface area contributed by atoms with Gasteiger partial charge in [-0.05, 0) is 47.7 Å². The molecule has 0 spiro atoms. The second kappa shape index (κ2) is 11.1. The van der Waals surface area contributed by atoms with E-state index in [1.54, 1.807) is 42.5 Å². The Morgan fingerprint density at radius 2 is 1.70 bits per heavy atom. The highest BCUT2D eigenvalue weighted by molar-refractivity contribution is 7.99. The first-order valence-corrected chi connectivity index (χ1v) is 12.5. The van der Waals surface area contributed by atoms with E-state index in [4.69, 9.17) is 11.5 Å². The van der Waals surface area contributed by atoms with Crippen LogP contribution in [-0.2, 0) is 4.79 Å². The first kappa shape index (κ1) is 25.1. The molecule has 0 fully saturated rings. The van der Waals surface area contributed by atoms with Gasteiger partial charge >= 0.3 is 5.97 Å². The predicted octanol–water partition coefficient (Wildman–Crippen LogP) is 4.00. The van der Waals surface area contributed by atoms with Crippen molar-refractivity contribution in [3.05, 3.63) is 78.4 Å². The van der Waals surface area contributed by atoms with Crippen molar-refractivity contribution < 1.29 is 14.7 Å². The van der Waals surface area contributed by atoms with Gasteiger partial charge in [-0.1, -0.05) is 48.5 Å². The average Bonchev–Trinajstić information content (AvgIpc) is 2.83. The largest absolute Gasteiger partial charge is 0.478 e. The van der Waals surface area contributed by atoms with Crippen LogP contribution in [0.15, 0.2) is 72.8 Å². The highest BCUT2D eigenvalue weighted by atomic mass is 32.2. The summed E-state index contributed by atoms with van der Waals surface area (Å²) in [5.74, 6) is -1.29. The maximum Gasteiger partial charge on any atom is 0.345 e. The summed E-state index contributed by atoms with van der Waals surface area (Å²) in [5, 5.41) is 12.0. The van der Waals surface area contributed by atoms with Gasteiger partial charge in [0.25, 0.3) is 5.91 Å². The quantitative estimate of drug-likeness (QED) is 0.256. The van der Waals surface area contributed by atoms with Crippen molar-refractivity contribution in [2.45, 2.75) is 29.8 Å². The summed E-state index contributed by atoms with van der Waals surface area (Å²) in [5.41, 5.74) is 11.5. The number of aliphatic carboxylic acids is 1. The topological polar surface area (TPSA) is 110 Å². The zero-order valence-corrected chi connectivity index (χ0v) is 20.1. The third-order valence-electron chi connectivity index (χ3n) is 5.66. The van der Waals surface area contributed by atoms with Crippen molar-refractivity contribution in [2.24, 2.45) is 11.5 Å². The van der Waals surface area contributed by atoms with Gasteiger partial charge in [-0.15, -0.1) is 0 Å². The smallest absolute Gasteiger partial charge is 0.345 e. The lowest BCUT2D eigenvalue weighted by Crippen LogP contribution is -2.65. The van der Waals surface area contributed by atoms with E-state index < -0.39 is 17.5 Å². The van der Waals surface area contributed by atoms with Crippen molar-refractivity contribution in [3.8, 4) is 0 Å². The Labute approximate surface area is 203 Å². The van der Waals surface area contributed by atoms with Crippen molar-refractivity contribution in [3.63, 3.8) is 0 Å². The Bertz CT molecular complexity index is 1110. The van der Waals surface area contributed by atoms with Gasteiger partial charge < -0.3 is 10.8 Å². The van der Waals surface area contributed by atoms with Crippen LogP contribution in [0, 0.1) is 0 Å². The standard InChI is InChI=1S/C25H29N3O3S2/c1-33-22(14-20(26)16-32)15-25(27,24(30)31)28(23(29)18-8-3-2-4-9-18)21-12-11-17-7-5-6-10-19(17)13-21/h2-13,20,22,32H,14-16,26-27H2,1H3,(H,30,31)/t20-,22?,25+/m1/s1. The zero-order valence-electron chi connectivity index (χ0n) is 18.4. The normalized spacial score (nSPS) is 14.9. The van der Waals surface area contributed by atoms with Crippen LogP contribution in [0.1, 0.15) is 23.2 Å². The molecule has 174 valence electrons. The Kier molecular flexibility index (Phi) is 8.42. The molecule has 1 unspecified atom stereocenters. The highest BCUT2D eigenvalue weighted by Crippen LogP contribution is 2.33. The molecule has 0 bridgehead atoms. The summed E-state index contributed by atoms with van der Waals surface area (Å²) in [7, 11) is 0. The minimum Gasteiger partial charge on any atom is -0.478 e. The SMILES string of the molecule is CSC(C[C@@H](N)CS)C[C@@](N)(C(=O)O)N(C(=O)c1ccccc1)c1ccc2ccccc2c1. The van der Waals surface area contributed by atoms with E-state index in [-0.39, 0.29) is 17.7 Å². The molecule has 1 amide bonds. The second-order valence-corrected chi connectivity index (χ2v) is 9.51. The molecule has 0 aliphatic rings. The minimum absolute atomic E-state index is 0.0242. The summed E-state index contributed by atoms with van der Waals surface area (Å²) >= 11 is 5.73. The number of thiol groups is 1. The number of hydrogen-bond donors (Lipinski definition) is 4. The molecular weight excluding hydrogens is 454 g/mol. The van der Waals surface area contributed by atoms with E-state index in [9.17, 15) is 14.7 Å². The molecule has 3 rings (SSSR count). The van der Waals surface area contributed by atoms with Crippen LogP contribution < -0.4 is 16.4 Å².